The maximum atomic E-state index is 11.6. The summed E-state index contributed by atoms with van der Waals surface area (Å²) in [5.74, 6) is -0.520. The summed E-state index contributed by atoms with van der Waals surface area (Å²) in [6.07, 6.45) is 3.53. The number of hydrogen-bond donors (Lipinski definition) is 3. The Balaban J connectivity index is 0.00000324. The summed E-state index contributed by atoms with van der Waals surface area (Å²) in [5.41, 5.74) is 4.28. The van der Waals surface area contributed by atoms with Gasteiger partial charge in [0.1, 0.15) is 11.3 Å². The second kappa shape index (κ2) is 12.0. The maximum Gasteiger partial charge on any atom is 0.339 e. The van der Waals surface area contributed by atoms with Crippen LogP contribution in [0.3, 0.4) is 0 Å². The molecular weight excluding hydrogens is 450 g/mol. The SMILES string of the molecule is C[C@H](Cc1ccc(-c2ccc(C(=O)O)c(OC3CCC3)c2)cc1)NC[C@H](O)c1ccccc1.Cl. The van der Waals surface area contributed by atoms with Gasteiger partial charge in [-0.3, -0.25) is 0 Å². The van der Waals surface area contributed by atoms with E-state index in [4.69, 9.17) is 4.74 Å². The quantitative estimate of drug-likeness (QED) is 0.348. The molecule has 0 bridgehead atoms. The van der Waals surface area contributed by atoms with Crippen molar-refractivity contribution >= 4 is 18.4 Å². The van der Waals surface area contributed by atoms with Gasteiger partial charge in [0, 0.05) is 12.6 Å². The number of aromatic carboxylic acids is 1. The topological polar surface area (TPSA) is 78.8 Å². The summed E-state index contributed by atoms with van der Waals surface area (Å²) in [4.78, 5) is 11.6. The number of aliphatic hydroxyl groups excluding tert-OH is 1. The first kappa shape index (κ1) is 25.8. The van der Waals surface area contributed by atoms with E-state index in [1.165, 1.54) is 5.56 Å². The summed E-state index contributed by atoms with van der Waals surface area (Å²) in [6.45, 7) is 2.61. The van der Waals surface area contributed by atoms with E-state index in [1.807, 2.05) is 42.5 Å². The molecule has 3 N–H and O–H groups in total. The van der Waals surface area contributed by atoms with E-state index in [-0.39, 0.29) is 30.1 Å². The highest BCUT2D eigenvalue weighted by Crippen LogP contribution is 2.32. The first-order valence-electron chi connectivity index (χ1n) is 11.6. The van der Waals surface area contributed by atoms with Crippen LogP contribution in [-0.2, 0) is 6.42 Å². The van der Waals surface area contributed by atoms with Gasteiger partial charge in [-0.25, -0.2) is 4.79 Å². The Bertz CT molecular complexity index is 1070. The lowest BCUT2D eigenvalue weighted by molar-refractivity contribution is 0.0680. The molecule has 4 rings (SSSR count). The molecule has 3 aromatic carbocycles. The van der Waals surface area contributed by atoms with E-state index in [9.17, 15) is 15.0 Å². The first-order chi connectivity index (χ1) is 16.0. The van der Waals surface area contributed by atoms with E-state index >= 15 is 0 Å². The van der Waals surface area contributed by atoms with Crippen molar-refractivity contribution in [3.05, 3.63) is 89.5 Å². The average Bonchev–Trinajstić information content (AvgIpc) is 2.80. The van der Waals surface area contributed by atoms with E-state index in [0.29, 0.717) is 12.3 Å². The average molecular weight is 482 g/mol. The van der Waals surface area contributed by atoms with Crippen molar-refractivity contribution in [1.29, 1.82) is 0 Å². The largest absolute Gasteiger partial charge is 0.490 e. The summed E-state index contributed by atoms with van der Waals surface area (Å²) >= 11 is 0. The molecule has 0 heterocycles. The van der Waals surface area contributed by atoms with Crippen LogP contribution in [0.2, 0.25) is 0 Å². The van der Waals surface area contributed by atoms with Crippen LogP contribution in [-0.4, -0.2) is 34.9 Å². The lowest BCUT2D eigenvalue weighted by Gasteiger charge is -2.27. The Morgan fingerprint density at radius 2 is 1.71 bits per heavy atom. The van der Waals surface area contributed by atoms with Crippen LogP contribution in [0.1, 0.15) is 53.8 Å². The van der Waals surface area contributed by atoms with E-state index in [1.54, 1.807) is 6.07 Å². The normalized spacial score (nSPS) is 15.0. The number of carboxylic acids is 1. The Hall–Kier alpha value is -2.86. The Morgan fingerprint density at radius 3 is 2.32 bits per heavy atom. The predicted molar refractivity (Wildman–Crippen MR) is 137 cm³/mol. The second-order valence-electron chi connectivity index (χ2n) is 8.82. The van der Waals surface area contributed by atoms with E-state index < -0.39 is 12.1 Å². The van der Waals surface area contributed by atoms with E-state index in [0.717, 1.165) is 42.4 Å². The minimum atomic E-state index is -0.968. The lowest BCUT2D eigenvalue weighted by Crippen LogP contribution is -2.32. The molecule has 6 heteroatoms. The van der Waals surface area contributed by atoms with Crippen LogP contribution < -0.4 is 10.1 Å². The van der Waals surface area contributed by atoms with Crippen LogP contribution in [0.25, 0.3) is 11.1 Å². The number of ether oxygens (including phenoxy) is 1. The minimum absolute atomic E-state index is 0. The summed E-state index contributed by atoms with van der Waals surface area (Å²) in [6, 6.07) is 23.5. The lowest BCUT2D eigenvalue weighted by atomic mass is 9.95. The molecule has 1 saturated carbocycles. The number of carboxylic acid groups (broad SMARTS) is 1. The monoisotopic (exact) mass is 481 g/mol. The Morgan fingerprint density at radius 1 is 1.03 bits per heavy atom. The number of aliphatic hydroxyl groups is 1. The smallest absolute Gasteiger partial charge is 0.339 e. The third kappa shape index (κ3) is 6.60. The summed E-state index contributed by atoms with van der Waals surface area (Å²) < 4.78 is 5.95. The van der Waals surface area contributed by atoms with Gasteiger partial charge in [0.2, 0.25) is 0 Å². The van der Waals surface area contributed by atoms with Crippen molar-refractivity contribution in [2.45, 2.75) is 50.9 Å². The molecule has 0 aromatic heterocycles. The molecular formula is C28H32ClNO4. The van der Waals surface area contributed by atoms with Gasteiger partial charge in [-0.15, -0.1) is 12.4 Å². The van der Waals surface area contributed by atoms with Crippen LogP contribution >= 0.6 is 12.4 Å². The van der Waals surface area contributed by atoms with Gasteiger partial charge in [-0.2, -0.15) is 0 Å². The third-order valence-electron chi connectivity index (χ3n) is 6.23. The second-order valence-corrected chi connectivity index (χ2v) is 8.82. The number of halogens is 1. The number of benzene rings is 3. The zero-order valence-corrected chi connectivity index (χ0v) is 20.1. The summed E-state index contributed by atoms with van der Waals surface area (Å²) in [7, 11) is 0. The van der Waals surface area contributed by atoms with Gasteiger partial charge in [0.25, 0.3) is 0 Å². The van der Waals surface area contributed by atoms with Crippen LogP contribution in [0, 0.1) is 0 Å². The number of carbonyl (C=O) groups is 1. The zero-order chi connectivity index (χ0) is 23.2. The molecule has 0 spiro atoms. The number of rotatable bonds is 10. The highest BCUT2D eigenvalue weighted by molar-refractivity contribution is 5.92. The fraction of sp³-hybridized carbons (Fsp3) is 0.321. The van der Waals surface area contributed by atoms with Crippen molar-refractivity contribution in [3.63, 3.8) is 0 Å². The van der Waals surface area contributed by atoms with Gasteiger partial charge in [0.15, 0.2) is 0 Å². The Labute approximate surface area is 207 Å². The molecule has 180 valence electrons. The molecule has 0 amide bonds. The van der Waals surface area contributed by atoms with Crippen molar-refractivity contribution in [2.24, 2.45) is 0 Å². The molecule has 1 fully saturated rings. The summed E-state index contributed by atoms with van der Waals surface area (Å²) in [5, 5.41) is 23.2. The van der Waals surface area contributed by atoms with Crippen molar-refractivity contribution in [3.8, 4) is 16.9 Å². The van der Waals surface area contributed by atoms with Crippen LogP contribution in [0.5, 0.6) is 5.75 Å². The van der Waals surface area contributed by atoms with Crippen molar-refractivity contribution in [1.82, 2.24) is 5.32 Å². The molecule has 1 aliphatic rings. The van der Waals surface area contributed by atoms with Gasteiger partial charge in [-0.05, 0) is 67.0 Å². The zero-order valence-electron chi connectivity index (χ0n) is 19.3. The standard InChI is InChI=1S/C28H31NO4.ClH/c1-19(29-18-26(30)22-6-3-2-4-7-22)16-20-10-12-21(13-11-20)23-14-15-25(28(31)32)27(17-23)33-24-8-5-9-24;/h2-4,6-7,10-15,17,19,24,26,29-30H,5,8-9,16,18H2,1H3,(H,31,32);1H/t19-,26+;/m1./s1. The number of nitrogens with one attached hydrogen (secondary N) is 1. The van der Waals surface area contributed by atoms with Crippen LogP contribution in [0.4, 0.5) is 0 Å². The molecule has 2 atom stereocenters. The van der Waals surface area contributed by atoms with Gasteiger partial charge < -0.3 is 20.3 Å². The Kier molecular flexibility index (Phi) is 9.11. The molecule has 0 unspecified atom stereocenters. The van der Waals surface area contributed by atoms with E-state index in [2.05, 4.69) is 36.5 Å². The van der Waals surface area contributed by atoms with Crippen LogP contribution in [0.15, 0.2) is 72.8 Å². The van der Waals surface area contributed by atoms with Gasteiger partial charge in [0.05, 0.1) is 12.2 Å². The van der Waals surface area contributed by atoms with Gasteiger partial charge in [-0.1, -0.05) is 60.7 Å². The molecule has 0 saturated heterocycles. The highest BCUT2D eigenvalue weighted by atomic mass is 35.5. The van der Waals surface area contributed by atoms with Crippen molar-refractivity contribution in [2.75, 3.05) is 6.54 Å². The van der Waals surface area contributed by atoms with Crippen molar-refractivity contribution < 1.29 is 19.7 Å². The molecule has 1 aliphatic carbocycles. The molecule has 34 heavy (non-hydrogen) atoms. The van der Waals surface area contributed by atoms with Gasteiger partial charge >= 0.3 is 5.97 Å². The maximum absolute atomic E-state index is 11.6. The highest BCUT2D eigenvalue weighted by Gasteiger charge is 2.22. The first-order valence-corrected chi connectivity index (χ1v) is 11.6. The third-order valence-corrected chi connectivity index (χ3v) is 6.23. The molecule has 3 aromatic rings. The number of hydrogen-bond acceptors (Lipinski definition) is 4. The molecule has 5 nitrogen and oxygen atoms in total. The fourth-order valence-electron chi connectivity index (χ4n) is 4.01. The fourth-order valence-corrected chi connectivity index (χ4v) is 4.01. The molecule has 0 radical (unpaired) electrons. The minimum Gasteiger partial charge on any atom is -0.490 e. The molecule has 0 aliphatic heterocycles. The predicted octanol–water partition coefficient (Wildman–Crippen LogP) is 5.66.